The molecule has 0 saturated carbocycles. The molecule has 13 nitrogen and oxygen atoms in total. The molecule has 0 spiro atoms. The molecule has 4 heterocycles. The van der Waals surface area contributed by atoms with Gasteiger partial charge in [-0.2, -0.15) is 0 Å². The molecule has 50 heavy (non-hydrogen) atoms. The minimum absolute atomic E-state index is 0.0251. The fourth-order valence-corrected chi connectivity index (χ4v) is 7.50. The summed E-state index contributed by atoms with van der Waals surface area (Å²) in [5, 5.41) is 16.4. The van der Waals surface area contributed by atoms with Gasteiger partial charge in [-0.1, -0.05) is 45.0 Å². The number of piperazine rings is 1. The lowest BCUT2D eigenvalue weighted by atomic mass is 9.85. The molecule has 1 aromatic carbocycles. The highest BCUT2D eigenvalue weighted by molar-refractivity contribution is 7.13. The molecule has 4 amide bonds. The Balaban J connectivity index is 1.10. The number of amides is 4. The van der Waals surface area contributed by atoms with Gasteiger partial charge < -0.3 is 30.3 Å². The first-order chi connectivity index (χ1) is 23.5. The molecule has 14 heteroatoms. The lowest BCUT2D eigenvalue weighted by Gasteiger charge is -2.48. The molecule has 0 unspecified atom stereocenters. The predicted octanol–water partition coefficient (Wildman–Crippen LogP) is 2.46. The van der Waals surface area contributed by atoms with Gasteiger partial charge in [0.1, 0.15) is 17.7 Å². The minimum Gasteiger partial charge on any atom is -0.444 e. The summed E-state index contributed by atoms with van der Waals surface area (Å²) in [5.74, 6) is -0.977. The lowest BCUT2D eigenvalue weighted by Crippen LogP contribution is -2.65. The summed E-state index contributed by atoms with van der Waals surface area (Å²) < 4.78 is 5.50. The Morgan fingerprint density at radius 1 is 1.00 bits per heavy atom. The van der Waals surface area contributed by atoms with Crippen LogP contribution < -0.4 is 10.6 Å². The molecule has 3 aliphatic rings. The van der Waals surface area contributed by atoms with E-state index in [1.54, 1.807) is 16.2 Å². The SMILES string of the molecule is Cc1ncsc1-c1ccc(CNC(=O)[C@@H]2C[C@@H](O)CN2C(=O)[C@@H](NC(=O)CN2CC(N3CCN(C(=O)OC(C)(C)C)CC3)C2)C(C)(C)C)cc1. The van der Waals surface area contributed by atoms with Crippen LogP contribution in [0.3, 0.4) is 0 Å². The average molecular weight is 712 g/mol. The quantitative estimate of drug-likeness (QED) is 0.357. The Bertz CT molecular complexity index is 1520. The van der Waals surface area contributed by atoms with Crippen molar-refractivity contribution in [1.29, 1.82) is 0 Å². The number of nitrogens with zero attached hydrogens (tertiary/aromatic N) is 5. The van der Waals surface area contributed by atoms with Gasteiger partial charge in [0, 0.05) is 64.8 Å². The Morgan fingerprint density at radius 3 is 2.24 bits per heavy atom. The number of ether oxygens (including phenoxy) is 1. The Hall–Kier alpha value is -3.59. The monoisotopic (exact) mass is 711 g/mol. The molecule has 0 aliphatic carbocycles. The summed E-state index contributed by atoms with van der Waals surface area (Å²) in [4.78, 5) is 66.0. The van der Waals surface area contributed by atoms with E-state index in [9.17, 15) is 24.3 Å². The molecule has 1 aromatic heterocycles. The van der Waals surface area contributed by atoms with E-state index in [0.29, 0.717) is 19.1 Å². The van der Waals surface area contributed by atoms with Crippen LogP contribution in [0.5, 0.6) is 0 Å². The predicted molar refractivity (Wildman–Crippen MR) is 191 cm³/mol. The lowest BCUT2D eigenvalue weighted by molar-refractivity contribution is -0.144. The van der Waals surface area contributed by atoms with Crippen molar-refractivity contribution in [2.45, 2.75) is 91.3 Å². The zero-order chi connectivity index (χ0) is 36.4. The Morgan fingerprint density at radius 2 is 1.66 bits per heavy atom. The van der Waals surface area contributed by atoms with Crippen molar-refractivity contribution in [3.8, 4) is 10.4 Å². The molecule has 3 aliphatic heterocycles. The number of hydrogen-bond donors (Lipinski definition) is 3. The number of benzene rings is 1. The minimum atomic E-state index is -0.878. The highest BCUT2D eigenvalue weighted by Gasteiger charge is 2.45. The zero-order valence-electron chi connectivity index (χ0n) is 30.4. The maximum atomic E-state index is 14.0. The van der Waals surface area contributed by atoms with Crippen LogP contribution >= 0.6 is 11.3 Å². The number of thiazole rings is 1. The normalized spacial score (nSPS) is 21.4. The van der Waals surface area contributed by atoms with Crippen molar-refractivity contribution in [2.24, 2.45) is 5.41 Å². The second-order valence-corrected chi connectivity index (χ2v) is 16.7. The van der Waals surface area contributed by atoms with Crippen molar-refractivity contribution in [2.75, 3.05) is 52.4 Å². The van der Waals surface area contributed by atoms with Gasteiger partial charge in [-0.25, -0.2) is 9.78 Å². The fourth-order valence-electron chi connectivity index (χ4n) is 6.69. The van der Waals surface area contributed by atoms with Gasteiger partial charge in [-0.15, -0.1) is 11.3 Å². The number of hydrogen-bond acceptors (Lipinski definition) is 10. The number of likely N-dealkylation sites (tertiary alicyclic amines) is 2. The van der Waals surface area contributed by atoms with Gasteiger partial charge >= 0.3 is 6.09 Å². The van der Waals surface area contributed by atoms with Crippen LogP contribution in [-0.4, -0.2) is 136 Å². The van der Waals surface area contributed by atoms with E-state index in [2.05, 4.69) is 20.5 Å². The molecule has 3 atom stereocenters. The summed E-state index contributed by atoms with van der Waals surface area (Å²) in [6.45, 7) is 17.8. The van der Waals surface area contributed by atoms with Crippen LogP contribution in [-0.2, 0) is 25.7 Å². The summed E-state index contributed by atoms with van der Waals surface area (Å²) in [6, 6.07) is 6.50. The zero-order valence-corrected chi connectivity index (χ0v) is 31.2. The topological polar surface area (TPSA) is 148 Å². The summed E-state index contributed by atoms with van der Waals surface area (Å²) in [6.07, 6.45) is -0.990. The number of carbonyl (C=O) groups excluding carboxylic acids is 4. The van der Waals surface area contributed by atoms with Crippen LogP contribution in [0.1, 0.15) is 59.2 Å². The number of aliphatic hydroxyl groups excluding tert-OH is 1. The van der Waals surface area contributed by atoms with Crippen molar-refractivity contribution in [1.82, 2.24) is 35.2 Å². The molecule has 5 rings (SSSR count). The summed E-state index contributed by atoms with van der Waals surface area (Å²) in [5.41, 5.74) is 3.61. The van der Waals surface area contributed by atoms with Gasteiger partial charge in [0.15, 0.2) is 0 Å². The summed E-state index contributed by atoms with van der Waals surface area (Å²) in [7, 11) is 0. The van der Waals surface area contributed by atoms with Crippen LogP contribution in [0, 0.1) is 12.3 Å². The number of β-amino-alcohol motifs (C(OH)–C–C–N with tert-alkyl or cyclic N) is 1. The van der Waals surface area contributed by atoms with Crippen LogP contribution in [0.4, 0.5) is 4.79 Å². The molecular weight excluding hydrogens is 659 g/mol. The first-order valence-electron chi connectivity index (χ1n) is 17.5. The van der Waals surface area contributed by atoms with E-state index in [1.807, 2.05) is 83.1 Å². The van der Waals surface area contributed by atoms with Crippen LogP contribution in [0.2, 0.25) is 0 Å². The van der Waals surface area contributed by atoms with Gasteiger partial charge in [-0.05, 0) is 44.2 Å². The molecule has 0 radical (unpaired) electrons. The van der Waals surface area contributed by atoms with E-state index in [1.165, 1.54) is 4.90 Å². The number of aromatic nitrogens is 1. The highest BCUT2D eigenvalue weighted by atomic mass is 32.1. The third-order valence-corrected chi connectivity index (χ3v) is 10.5. The fraction of sp³-hybridized carbons (Fsp3) is 0.639. The van der Waals surface area contributed by atoms with Gasteiger partial charge in [-0.3, -0.25) is 24.2 Å². The molecule has 3 saturated heterocycles. The Kier molecular flexibility index (Phi) is 11.6. The van der Waals surface area contributed by atoms with Crippen molar-refractivity contribution >= 4 is 35.2 Å². The maximum absolute atomic E-state index is 14.0. The van der Waals surface area contributed by atoms with Crippen molar-refractivity contribution in [3.63, 3.8) is 0 Å². The highest BCUT2D eigenvalue weighted by Crippen LogP contribution is 2.28. The van der Waals surface area contributed by atoms with E-state index >= 15 is 0 Å². The Labute approximate surface area is 299 Å². The molecular formula is C36H53N7O6S. The second-order valence-electron chi connectivity index (χ2n) is 15.8. The van der Waals surface area contributed by atoms with E-state index in [4.69, 9.17) is 4.74 Å². The number of aryl methyl sites for hydroxylation is 1. The third-order valence-electron chi connectivity index (χ3n) is 9.50. The first kappa shape index (κ1) is 37.7. The van der Waals surface area contributed by atoms with Gasteiger partial charge in [0.2, 0.25) is 17.7 Å². The number of nitrogens with one attached hydrogen (secondary N) is 2. The van der Waals surface area contributed by atoms with Gasteiger partial charge in [0.05, 0.1) is 28.7 Å². The van der Waals surface area contributed by atoms with E-state index in [-0.39, 0.29) is 49.9 Å². The standard InChI is InChI=1S/C36H53N7O6S/c1-23-30(50-22-38-23)25-10-8-24(9-11-25)17-37-32(46)28-16-27(44)20-43(28)33(47)31(35(2,3)4)39-29(45)21-40-18-26(19-40)41-12-14-42(15-13-41)34(48)49-36(5,6)7/h8-11,22,26-28,31,44H,12-21H2,1-7H3,(H,37,46)(H,39,45)/t27-,28+,31-/m1/s1. The average Bonchev–Trinajstić information content (AvgIpc) is 3.64. The molecule has 3 N–H and O–H groups in total. The number of rotatable bonds is 9. The van der Waals surface area contributed by atoms with Crippen LogP contribution in [0.25, 0.3) is 10.4 Å². The van der Waals surface area contributed by atoms with E-state index in [0.717, 1.165) is 47.9 Å². The van der Waals surface area contributed by atoms with Gasteiger partial charge in [0.25, 0.3) is 0 Å². The maximum Gasteiger partial charge on any atom is 0.410 e. The van der Waals surface area contributed by atoms with Crippen molar-refractivity contribution < 1.29 is 29.0 Å². The smallest absolute Gasteiger partial charge is 0.410 e. The number of carbonyl (C=O) groups is 4. The molecule has 3 fully saturated rings. The third kappa shape index (κ3) is 9.39. The van der Waals surface area contributed by atoms with Crippen LogP contribution in [0.15, 0.2) is 29.8 Å². The first-order valence-corrected chi connectivity index (χ1v) is 18.4. The summed E-state index contributed by atoms with van der Waals surface area (Å²) >= 11 is 1.58. The van der Waals surface area contributed by atoms with Crippen molar-refractivity contribution in [3.05, 3.63) is 41.0 Å². The second kappa shape index (κ2) is 15.3. The van der Waals surface area contributed by atoms with E-state index < -0.39 is 29.2 Å². The largest absolute Gasteiger partial charge is 0.444 e. The molecule has 274 valence electrons. The molecule has 2 aromatic rings. The number of aliphatic hydroxyl groups is 1. The molecule has 0 bridgehead atoms.